The van der Waals surface area contributed by atoms with E-state index in [0.717, 1.165) is 12.1 Å². The molecule has 0 saturated carbocycles. The molecule has 30 heavy (non-hydrogen) atoms. The Labute approximate surface area is 168 Å². The van der Waals surface area contributed by atoms with Gasteiger partial charge in [-0.05, 0) is 36.8 Å². The summed E-state index contributed by atoms with van der Waals surface area (Å²) in [6, 6.07) is 9.56. The van der Waals surface area contributed by atoms with E-state index < -0.39 is 32.3 Å². The van der Waals surface area contributed by atoms with E-state index in [4.69, 9.17) is 0 Å². The second kappa shape index (κ2) is 7.82. The Balaban J connectivity index is 1.80. The predicted octanol–water partition coefficient (Wildman–Crippen LogP) is 3.66. The van der Waals surface area contributed by atoms with Crippen LogP contribution in [0, 0.1) is 10.1 Å². The number of hydrogen-bond acceptors (Lipinski definition) is 6. The Kier molecular flexibility index (Phi) is 5.57. The lowest BCUT2D eigenvalue weighted by molar-refractivity contribution is -0.384. The lowest BCUT2D eigenvalue weighted by Gasteiger charge is -2.35. The summed E-state index contributed by atoms with van der Waals surface area (Å²) >= 11 is 0. The number of halogens is 3. The molecular formula is C17H14F3N3O6S. The van der Waals surface area contributed by atoms with E-state index >= 15 is 0 Å². The van der Waals surface area contributed by atoms with E-state index in [0.29, 0.717) is 30.9 Å². The van der Waals surface area contributed by atoms with Gasteiger partial charge in [0.2, 0.25) is 0 Å². The van der Waals surface area contributed by atoms with Crippen LogP contribution in [0.3, 0.4) is 0 Å². The highest BCUT2D eigenvalue weighted by Gasteiger charge is 2.48. The Morgan fingerprint density at radius 3 is 2.17 bits per heavy atom. The van der Waals surface area contributed by atoms with Gasteiger partial charge in [0.25, 0.3) is 5.69 Å². The van der Waals surface area contributed by atoms with Crippen molar-refractivity contribution in [1.82, 2.24) is 0 Å². The van der Waals surface area contributed by atoms with Crippen LogP contribution in [0.1, 0.15) is 6.42 Å². The van der Waals surface area contributed by atoms with Gasteiger partial charge in [0, 0.05) is 30.9 Å². The molecule has 0 atom stereocenters. The van der Waals surface area contributed by atoms with E-state index in [1.807, 2.05) is 0 Å². The molecule has 2 aromatic rings. The van der Waals surface area contributed by atoms with Crippen molar-refractivity contribution in [2.24, 2.45) is 0 Å². The molecule has 1 aliphatic rings. The number of nitrogens with zero attached hydrogens (tertiary/aromatic N) is 3. The van der Waals surface area contributed by atoms with Gasteiger partial charge >= 0.3 is 21.7 Å². The summed E-state index contributed by atoms with van der Waals surface area (Å²) in [7, 11) is -5.80. The third kappa shape index (κ3) is 4.30. The number of benzene rings is 2. The van der Waals surface area contributed by atoms with Crippen molar-refractivity contribution in [3.8, 4) is 5.75 Å². The first-order valence-corrected chi connectivity index (χ1v) is 9.85. The summed E-state index contributed by atoms with van der Waals surface area (Å²) < 4.78 is 63.4. The number of amides is 2. The molecule has 0 aliphatic carbocycles. The van der Waals surface area contributed by atoms with Crippen molar-refractivity contribution >= 4 is 33.2 Å². The standard InChI is InChI=1S/C17H14F3N3O6S/c18-17(19,20)30(27,28)29-15-7-5-12(6-8-15)21-9-2-10-22(16(21)24)13-3-1-4-14(11-13)23(25)26/h1,3-8,11H,2,9-10H2. The third-order valence-electron chi connectivity index (χ3n) is 4.22. The second-order valence-electron chi connectivity index (χ2n) is 6.19. The van der Waals surface area contributed by atoms with E-state index in [-0.39, 0.29) is 5.69 Å². The summed E-state index contributed by atoms with van der Waals surface area (Å²) in [4.78, 5) is 25.9. The second-order valence-corrected chi connectivity index (χ2v) is 7.73. The van der Waals surface area contributed by atoms with Crippen LogP contribution in [0.2, 0.25) is 0 Å². The molecule has 0 N–H and O–H groups in total. The van der Waals surface area contributed by atoms with Gasteiger partial charge in [-0.1, -0.05) is 6.07 Å². The first-order chi connectivity index (χ1) is 14.0. The molecule has 0 spiro atoms. The van der Waals surface area contributed by atoms with Crippen LogP contribution < -0.4 is 14.0 Å². The van der Waals surface area contributed by atoms with Crippen LogP contribution in [-0.4, -0.2) is 38.0 Å². The highest BCUT2D eigenvalue weighted by Crippen LogP contribution is 2.30. The number of alkyl halides is 3. The Morgan fingerprint density at radius 2 is 1.60 bits per heavy atom. The molecule has 1 heterocycles. The van der Waals surface area contributed by atoms with Crippen LogP contribution in [0.25, 0.3) is 0 Å². The highest BCUT2D eigenvalue weighted by atomic mass is 32.2. The molecule has 2 aromatic carbocycles. The molecule has 160 valence electrons. The summed E-state index contributed by atoms with van der Waals surface area (Å²) in [5.74, 6) is -0.559. The summed E-state index contributed by atoms with van der Waals surface area (Å²) in [5.41, 5.74) is -5.11. The van der Waals surface area contributed by atoms with Crippen molar-refractivity contribution in [1.29, 1.82) is 0 Å². The lowest BCUT2D eigenvalue weighted by Crippen LogP contribution is -2.49. The normalized spacial score (nSPS) is 15.2. The third-order valence-corrected chi connectivity index (χ3v) is 5.19. The van der Waals surface area contributed by atoms with Crippen molar-refractivity contribution in [3.05, 3.63) is 58.6 Å². The Hall–Kier alpha value is -3.35. The van der Waals surface area contributed by atoms with Crippen LogP contribution in [0.15, 0.2) is 48.5 Å². The number of rotatable bonds is 5. The minimum absolute atomic E-state index is 0.176. The molecule has 1 fully saturated rings. The quantitative estimate of drug-likeness (QED) is 0.301. The molecule has 1 saturated heterocycles. The number of carbonyl (C=O) groups excluding carboxylic acids is 1. The fraction of sp³-hybridized carbons (Fsp3) is 0.235. The van der Waals surface area contributed by atoms with Crippen LogP contribution in [0.5, 0.6) is 5.75 Å². The molecule has 1 aliphatic heterocycles. The Bertz CT molecular complexity index is 1070. The first-order valence-electron chi connectivity index (χ1n) is 8.44. The monoisotopic (exact) mass is 445 g/mol. The molecule has 9 nitrogen and oxygen atoms in total. The topological polar surface area (TPSA) is 110 Å². The minimum Gasteiger partial charge on any atom is -0.376 e. The smallest absolute Gasteiger partial charge is 0.376 e. The largest absolute Gasteiger partial charge is 0.534 e. The highest BCUT2D eigenvalue weighted by molar-refractivity contribution is 7.88. The summed E-state index contributed by atoms with van der Waals surface area (Å²) in [6.45, 7) is 0.618. The maximum absolute atomic E-state index is 12.9. The number of nitro benzene ring substituents is 1. The average Bonchev–Trinajstić information content (AvgIpc) is 2.68. The molecule has 0 radical (unpaired) electrons. The molecule has 0 aromatic heterocycles. The van der Waals surface area contributed by atoms with E-state index in [1.165, 1.54) is 40.1 Å². The maximum Gasteiger partial charge on any atom is 0.534 e. The molecular weight excluding hydrogens is 431 g/mol. The first kappa shape index (κ1) is 21.4. The van der Waals surface area contributed by atoms with E-state index in [2.05, 4.69) is 4.18 Å². The lowest BCUT2D eigenvalue weighted by atomic mass is 10.2. The van der Waals surface area contributed by atoms with Gasteiger partial charge in [0.1, 0.15) is 5.75 Å². The predicted molar refractivity (Wildman–Crippen MR) is 99.8 cm³/mol. The van der Waals surface area contributed by atoms with Gasteiger partial charge in [-0.15, -0.1) is 0 Å². The number of urea groups is 1. The van der Waals surface area contributed by atoms with Gasteiger partial charge < -0.3 is 4.18 Å². The molecule has 0 bridgehead atoms. The van der Waals surface area contributed by atoms with Crippen LogP contribution >= 0.6 is 0 Å². The van der Waals surface area contributed by atoms with Gasteiger partial charge in [0.05, 0.1) is 10.6 Å². The van der Waals surface area contributed by atoms with Crippen molar-refractivity contribution in [3.63, 3.8) is 0 Å². The van der Waals surface area contributed by atoms with Gasteiger partial charge in [-0.2, -0.15) is 21.6 Å². The zero-order valence-electron chi connectivity index (χ0n) is 15.1. The summed E-state index contributed by atoms with van der Waals surface area (Å²) in [6.07, 6.45) is 0.523. The van der Waals surface area contributed by atoms with Gasteiger partial charge in [-0.3, -0.25) is 19.9 Å². The SMILES string of the molecule is O=C1N(c2ccc(OS(=O)(=O)C(F)(F)F)cc2)CCCN1c1cccc([N+](=O)[O-])c1. The number of carbonyl (C=O) groups is 1. The number of non-ortho nitro benzene ring substituents is 1. The van der Waals surface area contributed by atoms with Crippen LogP contribution in [-0.2, 0) is 10.1 Å². The Morgan fingerprint density at radius 1 is 1.00 bits per heavy atom. The molecule has 3 rings (SSSR count). The minimum atomic E-state index is -5.80. The van der Waals surface area contributed by atoms with Crippen molar-refractivity contribution in [2.75, 3.05) is 22.9 Å². The fourth-order valence-corrected chi connectivity index (χ4v) is 3.29. The zero-order chi connectivity index (χ0) is 22.1. The van der Waals surface area contributed by atoms with Crippen LogP contribution in [0.4, 0.5) is 35.0 Å². The van der Waals surface area contributed by atoms with E-state index in [9.17, 15) is 36.5 Å². The van der Waals surface area contributed by atoms with E-state index in [1.54, 1.807) is 6.07 Å². The fourth-order valence-electron chi connectivity index (χ4n) is 2.83. The molecule has 0 unspecified atom stereocenters. The van der Waals surface area contributed by atoms with Gasteiger partial charge in [-0.25, -0.2) is 4.79 Å². The number of nitro groups is 1. The number of anilines is 2. The van der Waals surface area contributed by atoms with Crippen molar-refractivity contribution < 1.29 is 35.5 Å². The maximum atomic E-state index is 12.9. The number of hydrogen-bond donors (Lipinski definition) is 0. The van der Waals surface area contributed by atoms with Crippen molar-refractivity contribution in [2.45, 2.75) is 11.9 Å². The zero-order valence-corrected chi connectivity index (χ0v) is 15.9. The molecule has 13 heteroatoms. The summed E-state index contributed by atoms with van der Waals surface area (Å²) in [5, 5.41) is 11.0. The average molecular weight is 445 g/mol. The molecule has 2 amide bonds. The van der Waals surface area contributed by atoms with Gasteiger partial charge in [0.15, 0.2) is 0 Å².